The third-order valence-electron chi connectivity index (χ3n) is 4.41. The van der Waals surface area contributed by atoms with Crippen LogP contribution < -0.4 is 0 Å². The lowest BCUT2D eigenvalue weighted by molar-refractivity contribution is -0.132. The monoisotopic (exact) mass is 374 g/mol. The number of carboxylic acids is 1. The molecule has 6 heteroatoms. The second-order valence-corrected chi connectivity index (χ2v) is 7.02. The van der Waals surface area contributed by atoms with E-state index in [1.54, 1.807) is 37.8 Å². The van der Waals surface area contributed by atoms with Gasteiger partial charge in [0.1, 0.15) is 11.9 Å². The van der Waals surface area contributed by atoms with E-state index in [4.69, 9.17) is 10.1 Å². The van der Waals surface area contributed by atoms with Gasteiger partial charge in [-0.05, 0) is 33.8 Å². The lowest BCUT2D eigenvalue weighted by atomic mass is 9.94. The molecule has 0 spiro atoms. The number of hydrogen-bond donors (Lipinski definition) is 2. The van der Waals surface area contributed by atoms with Gasteiger partial charge in [0.15, 0.2) is 0 Å². The van der Waals surface area contributed by atoms with Crippen LogP contribution in [0.15, 0.2) is 46.8 Å². The molecule has 0 radical (unpaired) electrons. The first-order valence-electron chi connectivity index (χ1n) is 9.02. The summed E-state index contributed by atoms with van der Waals surface area (Å²) in [5.74, 6) is -0.639. The number of rotatable bonds is 7. The topological polar surface area (TPSA) is 90.7 Å². The third-order valence-corrected chi connectivity index (χ3v) is 4.41. The summed E-state index contributed by atoms with van der Waals surface area (Å²) in [6, 6.07) is 0. The number of likely N-dealkylation sites (tertiary alicyclic amines) is 1. The molecule has 1 heterocycles. The molecule has 0 atom stereocenters. The maximum atomic E-state index is 11.6. The summed E-state index contributed by atoms with van der Waals surface area (Å²) in [7, 11) is 0. The van der Waals surface area contributed by atoms with Gasteiger partial charge in [-0.3, -0.25) is 10.2 Å². The highest BCUT2D eigenvalue weighted by atomic mass is 16.5. The molecule has 1 saturated heterocycles. The third kappa shape index (κ3) is 5.94. The van der Waals surface area contributed by atoms with E-state index in [0.29, 0.717) is 42.8 Å². The number of carbonyl (C=O) groups is 2. The van der Waals surface area contributed by atoms with Crippen LogP contribution in [-0.4, -0.2) is 46.8 Å². The SMILES string of the molecule is C=C/C=C(/OC1CCN(C(C)=O)CC1)C(C(=N)C(C(=O)O)=C(C)C)=C(C)C. The Labute approximate surface area is 161 Å². The normalized spacial score (nSPS) is 15.0. The molecule has 0 aromatic carbocycles. The summed E-state index contributed by atoms with van der Waals surface area (Å²) in [5.41, 5.74) is 1.70. The fraction of sp³-hybridized carbons (Fsp3) is 0.476. The van der Waals surface area contributed by atoms with Gasteiger partial charge in [-0.25, -0.2) is 4.79 Å². The highest BCUT2D eigenvalue weighted by molar-refractivity contribution is 6.26. The van der Waals surface area contributed by atoms with Crippen LogP contribution in [0.1, 0.15) is 47.5 Å². The quantitative estimate of drug-likeness (QED) is 0.306. The van der Waals surface area contributed by atoms with Gasteiger partial charge in [0.25, 0.3) is 0 Å². The van der Waals surface area contributed by atoms with E-state index in [2.05, 4.69) is 6.58 Å². The van der Waals surface area contributed by atoms with Crippen molar-refractivity contribution in [3.8, 4) is 0 Å². The van der Waals surface area contributed by atoms with Gasteiger partial charge < -0.3 is 14.7 Å². The van der Waals surface area contributed by atoms with E-state index in [1.807, 2.05) is 13.8 Å². The van der Waals surface area contributed by atoms with Crippen LogP contribution >= 0.6 is 0 Å². The van der Waals surface area contributed by atoms with Gasteiger partial charge >= 0.3 is 5.97 Å². The number of nitrogens with zero attached hydrogens (tertiary/aromatic N) is 1. The lowest BCUT2D eigenvalue weighted by Gasteiger charge is -2.32. The number of aliphatic carboxylic acids is 1. The van der Waals surface area contributed by atoms with Gasteiger partial charge in [-0.2, -0.15) is 0 Å². The van der Waals surface area contributed by atoms with Crippen molar-refractivity contribution >= 4 is 17.6 Å². The number of ether oxygens (including phenoxy) is 1. The zero-order chi connectivity index (χ0) is 20.7. The first-order chi connectivity index (χ1) is 12.6. The average molecular weight is 374 g/mol. The molecule has 1 aliphatic rings. The van der Waals surface area contributed by atoms with Crippen LogP contribution in [0.3, 0.4) is 0 Å². The number of amides is 1. The Morgan fingerprint density at radius 2 is 1.59 bits per heavy atom. The van der Waals surface area contributed by atoms with Gasteiger partial charge in [0.05, 0.1) is 11.3 Å². The minimum atomic E-state index is -1.13. The Morgan fingerprint density at radius 3 is 1.96 bits per heavy atom. The molecule has 2 N–H and O–H groups in total. The minimum Gasteiger partial charge on any atom is -0.490 e. The Morgan fingerprint density at radius 1 is 1.07 bits per heavy atom. The van der Waals surface area contributed by atoms with E-state index < -0.39 is 5.97 Å². The summed E-state index contributed by atoms with van der Waals surface area (Å²) in [5, 5.41) is 18.0. The van der Waals surface area contributed by atoms with Crippen LogP contribution in [0, 0.1) is 5.41 Å². The lowest BCUT2D eigenvalue weighted by Crippen LogP contribution is -2.39. The van der Waals surface area contributed by atoms with E-state index in [9.17, 15) is 14.7 Å². The molecule has 6 nitrogen and oxygen atoms in total. The number of nitrogens with one attached hydrogen (secondary N) is 1. The first-order valence-corrected chi connectivity index (χ1v) is 9.02. The molecule has 0 bridgehead atoms. The maximum Gasteiger partial charge on any atom is 0.337 e. The maximum absolute atomic E-state index is 11.6. The van der Waals surface area contributed by atoms with E-state index in [1.165, 1.54) is 0 Å². The van der Waals surface area contributed by atoms with Gasteiger partial charge in [0.2, 0.25) is 5.91 Å². The molecule has 0 aliphatic carbocycles. The van der Waals surface area contributed by atoms with Gasteiger partial charge in [-0.15, -0.1) is 0 Å². The zero-order valence-electron chi connectivity index (χ0n) is 16.9. The fourth-order valence-electron chi connectivity index (χ4n) is 3.07. The summed E-state index contributed by atoms with van der Waals surface area (Å²) >= 11 is 0. The predicted molar refractivity (Wildman–Crippen MR) is 107 cm³/mol. The Hall–Kier alpha value is -2.63. The molecule has 0 unspecified atom stereocenters. The van der Waals surface area contributed by atoms with Crippen molar-refractivity contribution in [2.75, 3.05) is 13.1 Å². The predicted octanol–water partition coefficient (Wildman–Crippen LogP) is 3.86. The van der Waals surface area contributed by atoms with Crippen molar-refractivity contribution in [3.63, 3.8) is 0 Å². The Bertz CT molecular complexity index is 712. The number of piperidine rings is 1. The summed E-state index contributed by atoms with van der Waals surface area (Å²) in [6.07, 6.45) is 4.50. The highest BCUT2D eigenvalue weighted by Gasteiger charge is 2.27. The summed E-state index contributed by atoms with van der Waals surface area (Å²) < 4.78 is 6.15. The van der Waals surface area contributed by atoms with Crippen LogP contribution in [0.5, 0.6) is 0 Å². The van der Waals surface area contributed by atoms with Gasteiger partial charge in [-0.1, -0.05) is 23.8 Å². The van der Waals surface area contributed by atoms with E-state index in [0.717, 1.165) is 5.57 Å². The largest absolute Gasteiger partial charge is 0.490 e. The Kier molecular flexibility index (Phi) is 8.22. The van der Waals surface area contributed by atoms with Crippen molar-refractivity contribution in [1.29, 1.82) is 5.41 Å². The van der Waals surface area contributed by atoms with Crippen LogP contribution in [-0.2, 0) is 14.3 Å². The Balaban J connectivity index is 3.15. The standard InChI is InChI=1S/C21H30N2O4/c1-7-8-17(27-16-9-11-23(12-10-16)15(6)24)18(13(2)3)20(22)19(14(4)5)21(25)26/h7-8,16,22H,1,9-12H2,2-6H3,(H,25,26)/b17-8+,22-20?. The zero-order valence-corrected chi connectivity index (χ0v) is 16.9. The highest BCUT2D eigenvalue weighted by Crippen LogP contribution is 2.27. The summed E-state index contributed by atoms with van der Waals surface area (Å²) in [4.78, 5) is 24.9. The second-order valence-electron chi connectivity index (χ2n) is 7.02. The average Bonchev–Trinajstić information content (AvgIpc) is 2.54. The van der Waals surface area contributed by atoms with Crippen LogP contribution in [0.4, 0.5) is 0 Å². The van der Waals surface area contributed by atoms with Crippen molar-refractivity contribution in [1.82, 2.24) is 4.90 Å². The number of carbonyl (C=O) groups excluding carboxylic acids is 1. The minimum absolute atomic E-state index is 0.0313. The van der Waals surface area contributed by atoms with Crippen molar-refractivity contribution in [2.45, 2.75) is 53.6 Å². The second kappa shape index (κ2) is 9.90. The molecule has 0 aromatic rings. The summed E-state index contributed by atoms with van der Waals surface area (Å²) in [6.45, 7) is 13.5. The molecule has 1 fully saturated rings. The molecule has 148 valence electrons. The number of carboxylic acid groups (broad SMARTS) is 1. The number of allylic oxidation sites excluding steroid dienone is 5. The molecule has 1 rings (SSSR count). The fourth-order valence-corrected chi connectivity index (χ4v) is 3.07. The molecular formula is C21H30N2O4. The van der Waals surface area contributed by atoms with Crippen LogP contribution in [0.2, 0.25) is 0 Å². The van der Waals surface area contributed by atoms with Crippen molar-refractivity contribution in [3.05, 3.63) is 46.8 Å². The smallest absolute Gasteiger partial charge is 0.337 e. The molecule has 1 amide bonds. The van der Waals surface area contributed by atoms with E-state index >= 15 is 0 Å². The van der Waals surface area contributed by atoms with E-state index in [-0.39, 0.29) is 23.3 Å². The van der Waals surface area contributed by atoms with Crippen molar-refractivity contribution < 1.29 is 19.4 Å². The number of hydrogen-bond acceptors (Lipinski definition) is 4. The first kappa shape index (κ1) is 22.4. The molecule has 0 saturated carbocycles. The van der Waals surface area contributed by atoms with Crippen LogP contribution in [0.25, 0.3) is 0 Å². The molecule has 1 aliphatic heterocycles. The van der Waals surface area contributed by atoms with Gasteiger partial charge in [0, 0.05) is 38.4 Å². The molecule has 0 aromatic heterocycles. The molecule has 27 heavy (non-hydrogen) atoms. The molecular weight excluding hydrogens is 344 g/mol. The van der Waals surface area contributed by atoms with Crippen molar-refractivity contribution in [2.24, 2.45) is 0 Å².